The SMILES string of the molecule is CC(=O)OC(C)Nc1ccc(-c2noc(C)n2)cc1. The second kappa shape index (κ2) is 5.51. The van der Waals surface area contributed by atoms with Crippen LogP contribution in [0, 0.1) is 6.92 Å². The normalized spacial score (nSPS) is 11.9. The molecule has 1 N–H and O–H groups in total. The van der Waals surface area contributed by atoms with E-state index in [1.165, 1.54) is 6.92 Å². The predicted octanol–water partition coefficient (Wildman–Crippen LogP) is 2.37. The first-order valence-corrected chi connectivity index (χ1v) is 5.89. The van der Waals surface area contributed by atoms with Crippen molar-refractivity contribution in [2.24, 2.45) is 0 Å². The van der Waals surface area contributed by atoms with E-state index in [0.717, 1.165) is 11.3 Å². The van der Waals surface area contributed by atoms with Crippen molar-refractivity contribution in [1.29, 1.82) is 0 Å². The topological polar surface area (TPSA) is 77.2 Å². The smallest absolute Gasteiger partial charge is 0.304 e. The van der Waals surface area contributed by atoms with Crippen molar-refractivity contribution in [2.45, 2.75) is 27.0 Å². The number of nitrogens with one attached hydrogen (secondary N) is 1. The highest BCUT2D eigenvalue weighted by Crippen LogP contribution is 2.19. The first kappa shape index (κ1) is 13.1. The minimum Gasteiger partial charge on any atom is -0.442 e. The molecule has 0 aliphatic rings. The third kappa shape index (κ3) is 3.54. The van der Waals surface area contributed by atoms with Crippen molar-refractivity contribution in [3.05, 3.63) is 30.2 Å². The minimum atomic E-state index is -0.379. The first-order chi connectivity index (χ1) is 9.04. The third-order valence-electron chi connectivity index (χ3n) is 2.38. The van der Waals surface area contributed by atoms with Gasteiger partial charge in [-0.2, -0.15) is 4.98 Å². The van der Waals surface area contributed by atoms with Gasteiger partial charge in [-0.05, 0) is 31.2 Å². The van der Waals surface area contributed by atoms with Gasteiger partial charge in [-0.15, -0.1) is 0 Å². The highest BCUT2D eigenvalue weighted by molar-refractivity contribution is 5.66. The summed E-state index contributed by atoms with van der Waals surface area (Å²) in [5.74, 6) is 0.761. The number of aryl methyl sites for hydroxylation is 1. The molecule has 0 fully saturated rings. The van der Waals surface area contributed by atoms with Crippen LogP contribution in [0.2, 0.25) is 0 Å². The fraction of sp³-hybridized carbons (Fsp3) is 0.308. The van der Waals surface area contributed by atoms with Crippen LogP contribution in [0.15, 0.2) is 28.8 Å². The molecule has 6 heteroatoms. The lowest BCUT2D eigenvalue weighted by Gasteiger charge is -2.14. The molecule has 0 bridgehead atoms. The Hall–Kier alpha value is -2.37. The quantitative estimate of drug-likeness (QED) is 0.672. The average molecular weight is 261 g/mol. The van der Waals surface area contributed by atoms with Gasteiger partial charge in [0.1, 0.15) is 0 Å². The molecule has 0 saturated heterocycles. The second-order valence-electron chi connectivity index (χ2n) is 4.11. The van der Waals surface area contributed by atoms with E-state index in [1.54, 1.807) is 13.8 Å². The Morgan fingerprint density at radius 2 is 2.05 bits per heavy atom. The zero-order chi connectivity index (χ0) is 13.8. The number of hydrogen-bond donors (Lipinski definition) is 1. The zero-order valence-electron chi connectivity index (χ0n) is 11.0. The first-order valence-electron chi connectivity index (χ1n) is 5.89. The summed E-state index contributed by atoms with van der Waals surface area (Å²) in [6.07, 6.45) is -0.379. The third-order valence-corrected chi connectivity index (χ3v) is 2.38. The van der Waals surface area contributed by atoms with Gasteiger partial charge in [0.15, 0.2) is 6.23 Å². The number of benzene rings is 1. The van der Waals surface area contributed by atoms with Gasteiger partial charge in [0, 0.05) is 25.1 Å². The van der Waals surface area contributed by atoms with Gasteiger partial charge in [-0.1, -0.05) is 5.16 Å². The predicted molar refractivity (Wildman–Crippen MR) is 69.3 cm³/mol. The van der Waals surface area contributed by atoms with Crippen molar-refractivity contribution in [3.8, 4) is 11.4 Å². The van der Waals surface area contributed by atoms with Crippen molar-refractivity contribution in [1.82, 2.24) is 10.1 Å². The molecule has 2 aromatic rings. The number of rotatable bonds is 4. The summed E-state index contributed by atoms with van der Waals surface area (Å²) < 4.78 is 9.91. The Balaban J connectivity index is 2.04. The summed E-state index contributed by atoms with van der Waals surface area (Å²) in [7, 11) is 0. The van der Waals surface area contributed by atoms with E-state index in [-0.39, 0.29) is 12.2 Å². The molecule has 100 valence electrons. The molecule has 0 aliphatic carbocycles. The van der Waals surface area contributed by atoms with E-state index < -0.39 is 0 Å². The van der Waals surface area contributed by atoms with Gasteiger partial charge in [0.25, 0.3) is 0 Å². The van der Waals surface area contributed by atoms with Crippen LogP contribution in [-0.4, -0.2) is 22.3 Å². The fourth-order valence-corrected chi connectivity index (χ4v) is 1.65. The number of aromatic nitrogens is 2. The minimum absolute atomic E-state index is 0.320. The van der Waals surface area contributed by atoms with Crippen molar-refractivity contribution in [2.75, 3.05) is 5.32 Å². The summed E-state index contributed by atoms with van der Waals surface area (Å²) in [5.41, 5.74) is 1.71. The Morgan fingerprint density at radius 3 is 2.58 bits per heavy atom. The average Bonchev–Trinajstić information content (AvgIpc) is 2.75. The van der Waals surface area contributed by atoms with E-state index in [9.17, 15) is 4.79 Å². The van der Waals surface area contributed by atoms with E-state index in [4.69, 9.17) is 9.26 Å². The van der Waals surface area contributed by atoms with E-state index in [1.807, 2.05) is 24.3 Å². The molecule has 6 nitrogen and oxygen atoms in total. The lowest BCUT2D eigenvalue weighted by atomic mass is 10.2. The number of anilines is 1. The summed E-state index contributed by atoms with van der Waals surface area (Å²) in [5, 5.41) is 6.89. The molecule has 1 heterocycles. The second-order valence-corrected chi connectivity index (χ2v) is 4.11. The summed E-state index contributed by atoms with van der Waals surface area (Å²) in [4.78, 5) is 14.9. The molecule has 1 aromatic heterocycles. The standard InChI is InChI=1S/C13H15N3O3/c1-8(18-10(3)17)14-12-6-4-11(5-7-12)13-15-9(2)19-16-13/h4-8,14H,1-3H3. The molecule has 1 aromatic carbocycles. The fourth-order valence-electron chi connectivity index (χ4n) is 1.65. The summed E-state index contributed by atoms with van der Waals surface area (Å²) in [6, 6.07) is 7.46. The lowest BCUT2D eigenvalue weighted by Crippen LogP contribution is -2.21. The number of hydrogen-bond acceptors (Lipinski definition) is 6. The van der Waals surface area contributed by atoms with Crippen LogP contribution in [0.1, 0.15) is 19.7 Å². The van der Waals surface area contributed by atoms with Crippen molar-refractivity contribution >= 4 is 11.7 Å². The van der Waals surface area contributed by atoms with Gasteiger partial charge in [0.2, 0.25) is 11.7 Å². The molecule has 19 heavy (non-hydrogen) atoms. The number of carbonyl (C=O) groups is 1. The molecule has 0 spiro atoms. The number of carbonyl (C=O) groups excluding carboxylic acids is 1. The molecular formula is C13H15N3O3. The van der Waals surface area contributed by atoms with Crippen LogP contribution in [0.5, 0.6) is 0 Å². The van der Waals surface area contributed by atoms with Gasteiger partial charge < -0.3 is 14.6 Å². The van der Waals surface area contributed by atoms with Crippen LogP contribution in [0.3, 0.4) is 0 Å². The number of nitrogens with zero attached hydrogens (tertiary/aromatic N) is 2. The maximum absolute atomic E-state index is 10.8. The van der Waals surface area contributed by atoms with E-state index in [0.29, 0.717) is 11.7 Å². The van der Waals surface area contributed by atoms with Crippen molar-refractivity contribution < 1.29 is 14.1 Å². The molecule has 0 amide bonds. The molecule has 1 atom stereocenters. The number of esters is 1. The highest BCUT2D eigenvalue weighted by atomic mass is 16.6. The Bertz CT molecular complexity index is 563. The lowest BCUT2D eigenvalue weighted by molar-refractivity contribution is -0.144. The molecule has 0 aliphatic heterocycles. The summed E-state index contributed by atoms with van der Waals surface area (Å²) in [6.45, 7) is 4.88. The van der Waals surface area contributed by atoms with Crippen LogP contribution in [0.25, 0.3) is 11.4 Å². The monoisotopic (exact) mass is 261 g/mol. The molecule has 1 unspecified atom stereocenters. The molecule has 0 saturated carbocycles. The van der Waals surface area contributed by atoms with Gasteiger partial charge in [0.05, 0.1) is 0 Å². The molecule has 2 rings (SSSR count). The van der Waals surface area contributed by atoms with Crippen molar-refractivity contribution in [3.63, 3.8) is 0 Å². The molecule has 0 radical (unpaired) electrons. The number of ether oxygens (including phenoxy) is 1. The van der Waals surface area contributed by atoms with Gasteiger partial charge >= 0.3 is 5.97 Å². The van der Waals surface area contributed by atoms with Gasteiger partial charge in [-0.3, -0.25) is 4.79 Å². The Labute approximate surface area is 110 Å². The molecular weight excluding hydrogens is 246 g/mol. The van der Waals surface area contributed by atoms with Gasteiger partial charge in [-0.25, -0.2) is 0 Å². The largest absolute Gasteiger partial charge is 0.442 e. The maximum Gasteiger partial charge on any atom is 0.304 e. The zero-order valence-corrected chi connectivity index (χ0v) is 11.0. The van der Waals surface area contributed by atoms with E-state index in [2.05, 4.69) is 15.5 Å². The Kier molecular flexibility index (Phi) is 3.79. The Morgan fingerprint density at radius 1 is 1.37 bits per heavy atom. The van der Waals surface area contributed by atoms with Crippen LogP contribution in [-0.2, 0) is 9.53 Å². The van der Waals surface area contributed by atoms with E-state index >= 15 is 0 Å². The van der Waals surface area contributed by atoms with Crippen LogP contribution < -0.4 is 5.32 Å². The maximum atomic E-state index is 10.8. The summed E-state index contributed by atoms with van der Waals surface area (Å²) >= 11 is 0. The van der Waals surface area contributed by atoms with Crippen LogP contribution in [0.4, 0.5) is 5.69 Å². The van der Waals surface area contributed by atoms with Crippen LogP contribution >= 0.6 is 0 Å². The highest BCUT2D eigenvalue weighted by Gasteiger charge is 2.07.